The molecule has 0 saturated carbocycles. The molecule has 0 bridgehead atoms. The van der Waals surface area contributed by atoms with Crippen LogP contribution in [0.25, 0.3) is 0 Å². The normalized spacial score (nSPS) is 9.78. The van der Waals surface area contributed by atoms with E-state index in [0.29, 0.717) is 12.5 Å². The third kappa shape index (κ3) is 4.01. The molecule has 1 amide bonds. The lowest BCUT2D eigenvalue weighted by Crippen LogP contribution is -2.25. The highest BCUT2D eigenvalue weighted by Gasteiger charge is 1.99. The molecule has 0 atom stereocenters. The van der Waals surface area contributed by atoms with Gasteiger partial charge in [0, 0.05) is 13.1 Å². The van der Waals surface area contributed by atoms with E-state index >= 15 is 0 Å². The van der Waals surface area contributed by atoms with Crippen LogP contribution in [0, 0.1) is 12.8 Å². The minimum atomic E-state index is 0.539. The van der Waals surface area contributed by atoms with Crippen LogP contribution in [-0.4, -0.2) is 24.4 Å². The molecule has 0 aliphatic carbocycles. The minimum Gasteiger partial charge on any atom is -0.345 e. The van der Waals surface area contributed by atoms with Crippen molar-refractivity contribution in [3.8, 4) is 0 Å². The second-order valence-corrected chi connectivity index (χ2v) is 2.49. The lowest BCUT2D eigenvalue weighted by atomic mass is 10.2. The van der Waals surface area contributed by atoms with Gasteiger partial charge in [0.1, 0.15) is 0 Å². The van der Waals surface area contributed by atoms with E-state index in [9.17, 15) is 4.79 Å². The highest BCUT2D eigenvalue weighted by atomic mass is 16.1. The van der Waals surface area contributed by atoms with Crippen LogP contribution in [0.1, 0.15) is 13.8 Å². The summed E-state index contributed by atoms with van der Waals surface area (Å²) in [4.78, 5) is 11.8. The van der Waals surface area contributed by atoms with Crippen molar-refractivity contribution in [2.45, 2.75) is 13.8 Å². The van der Waals surface area contributed by atoms with Crippen LogP contribution >= 0.6 is 0 Å². The number of hydrogen-bond acceptors (Lipinski definition) is 1. The Kier molecular flexibility index (Phi) is 4.10. The van der Waals surface area contributed by atoms with Crippen LogP contribution < -0.4 is 0 Å². The topological polar surface area (TPSA) is 20.3 Å². The van der Waals surface area contributed by atoms with Crippen molar-refractivity contribution >= 4 is 6.41 Å². The number of carbonyl (C=O) groups is 1. The number of hydrogen-bond donors (Lipinski definition) is 0. The number of amides is 1. The van der Waals surface area contributed by atoms with Gasteiger partial charge in [-0.1, -0.05) is 13.8 Å². The molecule has 1 radical (unpaired) electrons. The highest BCUT2D eigenvalue weighted by molar-refractivity contribution is 5.46. The Morgan fingerprint density at radius 3 is 2.33 bits per heavy atom. The number of nitrogens with zero attached hydrogens (tertiary/aromatic N) is 1. The van der Waals surface area contributed by atoms with Crippen molar-refractivity contribution in [2.24, 2.45) is 5.92 Å². The van der Waals surface area contributed by atoms with Gasteiger partial charge >= 0.3 is 0 Å². The fourth-order valence-corrected chi connectivity index (χ4v) is 0.656. The van der Waals surface area contributed by atoms with Crippen LogP contribution in [0.5, 0.6) is 0 Å². The van der Waals surface area contributed by atoms with Crippen LogP contribution in [-0.2, 0) is 4.79 Å². The summed E-state index contributed by atoms with van der Waals surface area (Å²) < 4.78 is 0. The van der Waals surface area contributed by atoms with Crippen LogP contribution in [0.15, 0.2) is 0 Å². The summed E-state index contributed by atoms with van der Waals surface area (Å²) in [5, 5.41) is 0. The third-order valence-corrected chi connectivity index (χ3v) is 1.04. The fourth-order valence-electron chi connectivity index (χ4n) is 0.656. The average Bonchev–Trinajstić information content (AvgIpc) is 1.82. The van der Waals surface area contributed by atoms with Crippen LogP contribution in [0.2, 0.25) is 0 Å². The van der Waals surface area contributed by atoms with Crippen molar-refractivity contribution in [1.29, 1.82) is 0 Å². The largest absolute Gasteiger partial charge is 0.345 e. The Bertz CT molecular complexity index is 81.0. The summed E-state index contributed by atoms with van der Waals surface area (Å²) in [7, 11) is 0. The smallest absolute Gasteiger partial charge is 0.209 e. The van der Waals surface area contributed by atoms with Crippen LogP contribution in [0.4, 0.5) is 0 Å². The Balaban J connectivity index is 3.42. The van der Waals surface area contributed by atoms with E-state index < -0.39 is 0 Å². The molecule has 0 aliphatic rings. The summed E-state index contributed by atoms with van der Waals surface area (Å²) in [6.07, 6.45) is 0.840. The molecule has 0 aromatic rings. The molecule has 0 rings (SSSR count). The number of carbonyl (C=O) groups excluding carboxylic acids is 1. The summed E-state index contributed by atoms with van der Waals surface area (Å²) in [6, 6.07) is 0. The molecule has 0 fully saturated rings. The van der Waals surface area contributed by atoms with Gasteiger partial charge in [-0.15, -0.1) is 0 Å². The van der Waals surface area contributed by atoms with Gasteiger partial charge in [0.15, 0.2) is 0 Å². The van der Waals surface area contributed by atoms with Crippen molar-refractivity contribution in [1.82, 2.24) is 4.90 Å². The van der Waals surface area contributed by atoms with E-state index in [-0.39, 0.29) is 0 Å². The van der Waals surface area contributed by atoms with Crippen molar-refractivity contribution in [3.63, 3.8) is 0 Å². The van der Waals surface area contributed by atoms with Crippen LogP contribution in [0.3, 0.4) is 0 Å². The van der Waals surface area contributed by atoms with Crippen molar-refractivity contribution < 1.29 is 4.79 Å². The lowest BCUT2D eigenvalue weighted by molar-refractivity contribution is -0.118. The third-order valence-electron chi connectivity index (χ3n) is 1.04. The molecular formula is C7H14NO. The zero-order chi connectivity index (χ0) is 7.28. The van der Waals surface area contributed by atoms with E-state index in [2.05, 4.69) is 20.8 Å². The van der Waals surface area contributed by atoms with Gasteiger partial charge in [-0.05, 0) is 12.8 Å². The van der Waals surface area contributed by atoms with E-state index in [1.807, 2.05) is 0 Å². The molecule has 0 aliphatic heterocycles. The summed E-state index contributed by atoms with van der Waals surface area (Å²) in [5.41, 5.74) is 0. The molecule has 2 nitrogen and oxygen atoms in total. The second-order valence-electron chi connectivity index (χ2n) is 2.49. The quantitative estimate of drug-likeness (QED) is 0.516. The first kappa shape index (κ1) is 8.47. The van der Waals surface area contributed by atoms with E-state index in [1.165, 1.54) is 0 Å². The zero-order valence-electron chi connectivity index (χ0n) is 6.13. The molecule has 0 spiro atoms. The molecular weight excluding hydrogens is 114 g/mol. The summed E-state index contributed by atoms with van der Waals surface area (Å²) in [5.74, 6) is 0.539. The maximum absolute atomic E-state index is 10.2. The number of rotatable bonds is 4. The first-order valence-corrected chi connectivity index (χ1v) is 3.19. The minimum absolute atomic E-state index is 0.539. The summed E-state index contributed by atoms with van der Waals surface area (Å²) in [6.45, 7) is 9.14. The molecule has 53 valence electrons. The monoisotopic (exact) mass is 128 g/mol. The van der Waals surface area contributed by atoms with E-state index in [4.69, 9.17) is 0 Å². The first-order valence-electron chi connectivity index (χ1n) is 3.19. The Morgan fingerprint density at radius 2 is 2.22 bits per heavy atom. The molecule has 2 heteroatoms. The Hall–Kier alpha value is -0.530. The predicted molar refractivity (Wildman–Crippen MR) is 37.8 cm³/mol. The maximum Gasteiger partial charge on any atom is 0.209 e. The zero-order valence-corrected chi connectivity index (χ0v) is 6.13. The molecule has 0 aromatic carbocycles. The molecule has 0 aromatic heterocycles. The van der Waals surface area contributed by atoms with E-state index in [1.54, 1.807) is 4.90 Å². The molecule has 0 unspecified atom stereocenters. The van der Waals surface area contributed by atoms with Gasteiger partial charge < -0.3 is 4.90 Å². The van der Waals surface area contributed by atoms with Crippen molar-refractivity contribution in [3.05, 3.63) is 6.92 Å². The van der Waals surface area contributed by atoms with Gasteiger partial charge in [0.05, 0.1) is 0 Å². The van der Waals surface area contributed by atoms with Gasteiger partial charge in [0.25, 0.3) is 0 Å². The van der Waals surface area contributed by atoms with E-state index in [0.717, 1.165) is 13.0 Å². The van der Waals surface area contributed by atoms with Gasteiger partial charge in [0.2, 0.25) is 6.41 Å². The Labute approximate surface area is 56.9 Å². The molecule has 9 heavy (non-hydrogen) atoms. The first-order chi connectivity index (χ1) is 4.20. The SMILES string of the molecule is [CH2]CN(C=O)CC(C)C. The van der Waals surface area contributed by atoms with Gasteiger partial charge in [-0.2, -0.15) is 0 Å². The summed E-state index contributed by atoms with van der Waals surface area (Å²) >= 11 is 0. The highest BCUT2D eigenvalue weighted by Crippen LogP contribution is 1.93. The predicted octanol–water partition coefficient (Wildman–Crippen LogP) is 0.935. The fraction of sp³-hybridized carbons (Fsp3) is 0.714. The molecule has 0 saturated heterocycles. The van der Waals surface area contributed by atoms with Gasteiger partial charge in [-0.25, -0.2) is 0 Å². The standard InChI is InChI=1S/C7H14NO/c1-4-8(6-9)5-7(2)3/h6-7H,1,4-5H2,2-3H3. The molecule has 0 N–H and O–H groups in total. The van der Waals surface area contributed by atoms with Gasteiger partial charge in [-0.3, -0.25) is 4.79 Å². The maximum atomic E-state index is 10.2. The van der Waals surface area contributed by atoms with Crippen molar-refractivity contribution in [2.75, 3.05) is 13.1 Å². The molecule has 0 heterocycles. The Morgan fingerprint density at radius 1 is 1.67 bits per heavy atom. The average molecular weight is 128 g/mol. The lowest BCUT2D eigenvalue weighted by Gasteiger charge is -2.16. The second kappa shape index (κ2) is 4.36.